The first-order valence-corrected chi connectivity index (χ1v) is 15.8. The van der Waals surface area contributed by atoms with Gasteiger partial charge in [0.05, 0.1) is 26.7 Å². The molecule has 1 unspecified atom stereocenters. The Balaban J connectivity index is 1.19. The summed E-state index contributed by atoms with van der Waals surface area (Å²) in [7, 11) is 0. The topological polar surface area (TPSA) is 77.3 Å². The van der Waals surface area contributed by atoms with Crippen LogP contribution in [-0.4, -0.2) is 51.5 Å². The van der Waals surface area contributed by atoms with E-state index in [9.17, 15) is 0 Å². The van der Waals surface area contributed by atoms with Crippen molar-refractivity contribution in [3.05, 3.63) is 64.3 Å². The van der Waals surface area contributed by atoms with E-state index in [0.717, 1.165) is 55.7 Å². The highest BCUT2D eigenvalue weighted by Crippen LogP contribution is 2.39. The maximum atomic E-state index is 15.8. The van der Waals surface area contributed by atoms with Crippen LogP contribution in [0.1, 0.15) is 63.8 Å². The van der Waals surface area contributed by atoms with E-state index in [2.05, 4.69) is 27.1 Å². The van der Waals surface area contributed by atoms with E-state index >= 15 is 4.39 Å². The Bertz CT molecular complexity index is 1630. The average Bonchev–Trinajstić information content (AvgIpc) is 3.74. The van der Waals surface area contributed by atoms with E-state index in [4.69, 9.17) is 37.8 Å². The van der Waals surface area contributed by atoms with E-state index < -0.39 is 12.1 Å². The lowest BCUT2D eigenvalue weighted by Crippen LogP contribution is -2.68. The Labute approximate surface area is 260 Å². The highest BCUT2D eigenvalue weighted by Gasteiger charge is 2.40. The number of nitrogens with zero attached hydrogens (tertiary/aromatic N) is 5. The fourth-order valence-corrected chi connectivity index (χ4v) is 6.83. The van der Waals surface area contributed by atoms with Crippen LogP contribution in [-0.2, 0) is 4.74 Å². The van der Waals surface area contributed by atoms with E-state index in [1.54, 1.807) is 18.5 Å². The van der Waals surface area contributed by atoms with Gasteiger partial charge in [-0.1, -0.05) is 23.2 Å². The van der Waals surface area contributed by atoms with Crippen molar-refractivity contribution in [2.45, 2.75) is 63.8 Å². The van der Waals surface area contributed by atoms with Gasteiger partial charge in [-0.3, -0.25) is 4.98 Å². The number of nitrogens with one attached hydrogen (secondary N) is 1. The molecule has 5 heterocycles. The molecule has 2 atom stereocenters. The normalized spacial score (nSPS) is 20.7. The molecule has 3 aliphatic rings. The summed E-state index contributed by atoms with van der Waals surface area (Å²) in [5.74, 6) is 1.48. The molecule has 2 aliphatic heterocycles. The second kappa shape index (κ2) is 11.5. The van der Waals surface area contributed by atoms with Crippen molar-refractivity contribution in [2.75, 3.05) is 31.1 Å². The van der Waals surface area contributed by atoms with Crippen LogP contribution in [0.15, 0.2) is 42.7 Å². The third-order valence-electron chi connectivity index (χ3n) is 8.72. The largest absolute Gasteiger partial charge is 0.486 e. The summed E-state index contributed by atoms with van der Waals surface area (Å²) in [6.45, 7) is 7.42. The summed E-state index contributed by atoms with van der Waals surface area (Å²) in [6.07, 6.45) is 7.96. The minimum Gasteiger partial charge on any atom is -0.486 e. The van der Waals surface area contributed by atoms with Crippen LogP contribution in [0.2, 0.25) is 10.0 Å². The lowest BCUT2D eigenvalue weighted by Gasteiger charge is -2.49. The van der Waals surface area contributed by atoms with Gasteiger partial charge in [0.2, 0.25) is 5.95 Å². The van der Waals surface area contributed by atoms with Crippen LogP contribution in [0, 0.1) is 11.9 Å². The molecule has 1 saturated carbocycles. The van der Waals surface area contributed by atoms with Gasteiger partial charge < -0.3 is 19.7 Å². The molecule has 0 bridgehead atoms. The van der Waals surface area contributed by atoms with E-state index in [1.807, 2.05) is 35.9 Å². The van der Waals surface area contributed by atoms with Gasteiger partial charge in [0, 0.05) is 43.0 Å². The minimum atomic E-state index is -0.553. The van der Waals surface area contributed by atoms with Crippen molar-refractivity contribution in [1.82, 2.24) is 25.1 Å². The second-order valence-corrected chi connectivity index (χ2v) is 13.1. The van der Waals surface area contributed by atoms with Gasteiger partial charge in [-0.2, -0.15) is 9.49 Å². The molecular formula is C32H35Cl2FN6O2. The Kier molecular flexibility index (Phi) is 7.70. The van der Waals surface area contributed by atoms with Crippen LogP contribution in [0.5, 0.6) is 5.75 Å². The monoisotopic (exact) mass is 624 g/mol. The van der Waals surface area contributed by atoms with Gasteiger partial charge >= 0.3 is 0 Å². The lowest BCUT2D eigenvalue weighted by molar-refractivity contribution is -0.0365. The number of fused-ring (bicyclic) bond motifs is 1. The first-order valence-electron chi connectivity index (χ1n) is 15.0. The predicted octanol–water partition coefficient (Wildman–Crippen LogP) is 7.36. The minimum absolute atomic E-state index is 0.0344. The fourth-order valence-electron chi connectivity index (χ4n) is 6.16. The molecule has 0 radical (unpaired) electrons. The van der Waals surface area contributed by atoms with Gasteiger partial charge in [0.25, 0.3) is 0 Å². The van der Waals surface area contributed by atoms with Gasteiger partial charge in [0.1, 0.15) is 23.4 Å². The Morgan fingerprint density at radius 1 is 1.12 bits per heavy atom. The zero-order valence-corrected chi connectivity index (χ0v) is 25.8. The molecule has 3 fully saturated rings. The third-order valence-corrected chi connectivity index (χ3v) is 9.33. The number of hydrogen-bond acceptors (Lipinski definition) is 7. The Morgan fingerprint density at radius 3 is 2.60 bits per heavy atom. The molecule has 1 aliphatic carbocycles. The third kappa shape index (κ3) is 5.80. The maximum absolute atomic E-state index is 15.8. The molecule has 43 heavy (non-hydrogen) atoms. The second-order valence-electron chi connectivity index (χ2n) is 12.3. The van der Waals surface area contributed by atoms with Crippen LogP contribution >= 0.6 is 23.2 Å². The molecule has 4 aromatic rings. The Morgan fingerprint density at radius 2 is 1.91 bits per heavy atom. The zero-order valence-electron chi connectivity index (χ0n) is 24.3. The number of anilines is 1. The molecule has 2 saturated heterocycles. The summed E-state index contributed by atoms with van der Waals surface area (Å²) in [5.41, 5.74) is 2.36. The summed E-state index contributed by atoms with van der Waals surface area (Å²) in [5, 5.41) is 10.2. The number of hydrogen-bond donors (Lipinski definition) is 1. The number of rotatable bonds is 9. The fraction of sp³-hybridized carbons (Fsp3) is 0.469. The van der Waals surface area contributed by atoms with Crippen molar-refractivity contribution in [3.63, 3.8) is 0 Å². The number of aromatic nitrogens is 4. The molecule has 226 valence electrons. The molecule has 1 aromatic carbocycles. The van der Waals surface area contributed by atoms with Crippen molar-refractivity contribution in [2.24, 2.45) is 5.92 Å². The summed E-state index contributed by atoms with van der Waals surface area (Å²) >= 11 is 12.8. The predicted molar refractivity (Wildman–Crippen MR) is 166 cm³/mol. The van der Waals surface area contributed by atoms with E-state index in [-0.39, 0.29) is 11.8 Å². The number of pyridine rings is 2. The van der Waals surface area contributed by atoms with E-state index in [1.165, 1.54) is 12.8 Å². The first kappa shape index (κ1) is 28.8. The average molecular weight is 626 g/mol. The van der Waals surface area contributed by atoms with Crippen LogP contribution < -0.4 is 15.0 Å². The highest BCUT2D eigenvalue weighted by atomic mass is 35.5. The summed E-state index contributed by atoms with van der Waals surface area (Å²) in [4.78, 5) is 10.5. The van der Waals surface area contributed by atoms with Crippen molar-refractivity contribution < 1.29 is 13.9 Å². The lowest BCUT2D eigenvalue weighted by atomic mass is 9.92. The SMILES string of the molecule is C[C@@H](Oc1ccc2c(c1)c(-c1ccc(N3CC(C)(NCC4CC4)C3)nc1F)nn2C1CCCCO1)c1c(Cl)cncc1Cl. The zero-order chi connectivity index (χ0) is 29.7. The molecule has 0 spiro atoms. The highest BCUT2D eigenvalue weighted by molar-refractivity contribution is 6.35. The molecule has 8 nitrogen and oxygen atoms in total. The van der Waals surface area contributed by atoms with Crippen molar-refractivity contribution >= 4 is 39.9 Å². The smallest absolute Gasteiger partial charge is 0.224 e. The summed E-state index contributed by atoms with van der Waals surface area (Å²) < 4.78 is 30.0. The van der Waals surface area contributed by atoms with Crippen molar-refractivity contribution in [1.29, 1.82) is 0 Å². The molecule has 11 heteroatoms. The molecule has 0 amide bonds. The van der Waals surface area contributed by atoms with Gasteiger partial charge in [-0.05, 0) is 88.7 Å². The summed E-state index contributed by atoms with van der Waals surface area (Å²) in [6, 6.07) is 9.37. The van der Waals surface area contributed by atoms with Crippen LogP contribution in [0.4, 0.5) is 10.2 Å². The molecule has 3 aromatic heterocycles. The van der Waals surface area contributed by atoms with Crippen molar-refractivity contribution in [3.8, 4) is 17.0 Å². The van der Waals surface area contributed by atoms with Crippen LogP contribution in [0.25, 0.3) is 22.2 Å². The van der Waals surface area contributed by atoms with Gasteiger partial charge in [0.15, 0.2) is 6.23 Å². The number of benzene rings is 1. The van der Waals surface area contributed by atoms with Crippen LogP contribution in [0.3, 0.4) is 0 Å². The first-order chi connectivity index (χ1) is 20.8. The maximum Gasteiger partial charge on any atom is 0.224 e. The van der Waals surface area contributed by atoms with Gasteiger partial charge in [-0.25, -0.2) is 9.67 Å². The quantitative estimate of drug-likeness (QED) is 0.195. The Hall–Kier alpha value is -2.98. The standard InChI is InChI=1S/C32H35Cl2FN6O2/c1-19(29-24(33)15-36-16-25(29)34)43-21-8-10-26-23(13-21)30(39-41(26)28-5-3-4-12-42-28)22-9-11-27(38-31(22)35)40-17-32(2,18-40)37-14-20-6-7-20/h8-11,13,15-16,19-20,28,37H,3-7,12,14,17-18H2,1-2H3/t19-,28?/m1/s1. The number of ether oxygens (including phenoxy) is 2. The number of halogens is 3. The molecular weight excluding hydrogens is 590 g/mol. The van der Waals surface area contributed by atoms with Gasteiger partial charge in [-0.15, -0.1) is 0 Å². The molecule has 1 N–H and O–H groups in total. The van der Waals surface area contributed by atoms with E-state index in [0.29, 0.717) is 45.0 Å². The molecule has 7 rings (SSSR count).